The van der Waals surface area contributed by atoms with Gasteiger partial charge in [0.15, 0.2) is 0 Å². The van der Waals surface area contributed by atoms with Crippen molar-refractivity contribution in [2.45, 2.75) is 31.6 Å². The van der Waals surface area contributed by atoms with Crippen LogP contribution in [0.2, 0.25) is 0 Å². The Morgan fingerprint density at radius 1 is 1.31 bits per heavy atom. The van der Waals surface area contributed by atoms with Gasteiger partial charge in [-0.05, 0) is 24.3 Å². The van der Waals surface area contributed by atoms with Crippen LogP contribution in [0.3, 0.4) is 0 Å². The molecule has 3 nitrogen and oxygen atoms in total. The number of thiophene rings is 1. The molecule has 0 saturated heterocycles. The summed E-state index contributed by atoms with van der Waals surface area (Å²) in [5.74, 6) is 2.60. The molecule has 0 bridgehead atoms. The first kappa shape index (κ1) is 10.0. The Balaban J connectivity index is 2.10. The second-order valence-corrected chi connectivity index (χ2v) is 5.20. The maximum atomic E-state index is 4.69. The predicted molar refractivity (Wildman–Crippen MR) is 68.2 cm³/mol. The highest BCUT2D eigenvalue weighted by atomic mass is 32.1. The van der Waals surface area contributed by atoms with E-state index in [0.29, 0.717) is 5.92 Å². The standard InChI is InChI=1S/C12H15N3S/c1-13-11-9-6-7-16-12(9)15-10(14-11)8-4-2-3-5-8/h6-8H,2-5H2,1H3,(H,13,14,15). The average molecular weight is 233 g/mol. The van der Waals surface area contributed by atoms with Crippen molar-refractivity contribution >= 4 is 27.4 Å². The minimum Gasteiger partial charge on any atom is -0.372 e. The molecule has 16 heavy (non-hydrogen) atoms. The highest BCUT2D eigenvalue weighted by Gasteiger charge is 2.21. The summed E-state index contributed by atoms with van der Waals surface area (Å²) in [4.78, 5) is 10.5. The lowest BCUT2D eigenvalue weighted by Gasteiger charge is -2.09. The molecule has 84 valence electrons. The van der Waals surface area contributed by atoms with Crippen LogP contribution in [0.25, 0.3) is 10.2 Å². The molecule has 0 unspecified atom stereocenters. The maximum absolute atomic E-state index is 4.69. The maximum Gasteiger partial charge on any atom is 0.138 e. The fourth-order valence-corrected chi connectivity index (χ4v) is 3.20. The highest BCUT2D eigenvalue weighted by molar-refractivity contribution is 7.16. The van der Waals surface area contributed by atoms with Gasteiger partial charge in [-0.3, -0.25) is 0 Å². The van der Waals surface area contributed by atoms with Crippen molar-refractivity contribution in [3.8, 4) is 0 Å². The molecule has 2 aromatic rings. The molecule has 4 heteroatoms. The van der Waals surface area contributed by atoms with E-state index in [1.807, 2.05) is 7.05 Å². The third-order valence-electron chi connectivity index (χ3n) is 3.30. The van der Waals surface area contributed by atoms with Crippen molar-refractivity contribution in [2.24, 2.45) is 0 Å². The quantitative estimate of drug-likeness (QED) is 0.864. The zero-order chi connectivity index (χ0) is 11.0. The number of hydrogen-bond donors (Lipinski definition) is 1. The molecule has 0 aromatic carbocycles. The van der Waals surface area contributed by atoms with Gasteiger partial charge >= 0.3 is 0 Å². The van der Waals surface area contributed by atoms with E-state index in [-0.39, 0.29) is 0 Å². The van der Waals surface area contributed by atoms with E-state index in [2.05, 4.69) is 21.7 Å². The summed E-state index contributed by atoms with van der Waals surface area (Å²) in [6.07, 6.45) is 5.15. The van der Waals surface area contributed by atoms with Gasteiger partial charge in [-0.25, -0.2) is 9.97 Å². The average Bonchev–Trinajstić information content (AvgIpc) is 2.97. The largest absolute Gasteiger partial charge is 0.372 e. The van der Waals surface area contributed by atoms with Crippen LogP contribution in [0.5, 0.6) is 0 Å². The third-order valence-corrected chi connectivity index (χ3v) is 4.11. The van der Waals surface area contributed by atoms with E-state index in [1.54, 1.807) is 11.3 Å². The molecule has 3 rings (SSSR count). The summed E-state index contributed by atoms with van der Waals surface area (Å²) in [6.45, 7) is 0. The van der Waals surface area contributed by atoms with Gasteiger partial charge in [-0.2, -0.15) is 0 Å². The summed E-state index contributed by atoms with van der Waals surface area (Å²) in [7, 11) is 1.93. The summed E-state index contributed by atoms with van der Waals surface area (Å²) in [5.41, 5.74) is 0. The zero-order valence-corrected chi connectivity index (χ0v) is 10.2. The number of hydrogen-bond acceptors (Lipinski definition) is 4. The van der Waals surface area contributed by atoms with Crippen molar-refractivity contribution < 1.29 is 0 Å². The molecular weight excluding hydrogens is 218 g/mol. The molecule has 0 radical (unpaired) electrons. The molecule has 1 aliphatic carbocycles. The van der Waals surface area contributed by atoms with Crippen molar-refractivity contribution in [2.75, 3.05) is 12.4 Å². The minimum absolute atomic E-state index is 0.582. The Kier molecular flexibility index (Phi) is 2.52. The SMILES string of the molecule is CNc1nc(C2CCCC2)nc2sccc12. The fourth-order valence-electron chi connectivity index (χ4n) is 2.43. The fraction of sp³-hybridized carbons (Fsp3) is 0.500. The Labute approximate surface area is 98.9 Å². The van der Waals surface area contributed by atoms with E-state index < -0.39 is 0 Å². The van der Waals surface area contributed by atoms with Crippen LogP contribution in [0.4, 0.5) is 5.82 Å². The van der Waals surface area contributed by atoms with E-state index >= 15 is 0 Å². The van der Waals surface area contributed by atoms with Gasteiger partial charge in [0, 0.05) is 13.0 Å². The first-order valence-corrected chi connectivity index (χ1v) is 6.69. The van der Waals surface area contributed by atoms with Crippen LogP contribution >= 0.6 is 11.3 Å². The zero-order valence-electron chi connectivity index (χ0n) is 9.36. The summed E-state index contributed by atoms with van der Waals surface area (Å²) in [5, 5.41) is 6.40. The molecule has 2 aromatic heterocycles. The molecule has 1 aliphatic rings. The normalized spacial score (nSPS) is 17.1. The van der Waals surface area contributed by atoms with Gasteiger partial charge < -0.3 is 5.32 Å². The number of nitrogens with one attached hydrogen (secondary N) is 1. The van der Waals surface area contributed by atoms with Gasteiger partial charge in [-0.15, -0.1) is 11.3 Å². The van der Waals surface area contributed by atoms with Crippen molar-refractivity contribution in [3.05, 3.63) is 17.3 Å². The number of rotatable bonds is 2. The van der Waals surface area contributed by atoms with Crippen molar-refractivity contribution in [1.29, 1.82) is 0 Å². The lowest BCUT2D eigenvalue weighted by molar-refractivity contribution is 0.674. The molecule has 1 fully saturated rings. The third kappa shape index (κ3) is 1.57. The molecule has 0 amide bonds. The van der Waals surface area contributed by atoms with Gasteiger partial charge in [0.2, 0.25) is 0 Å². The van der Waals surface area contributed by atoms with Gasteiger partial charge in [-0.1, -0.05) is 12.8 Å². The van der Waals surface area contributed by atoms with E-state index in [1.165, 1.54) is 25.7 Å². The Morgan fingerprint density at radius 2 is 2.12 bits per heavy atom. The smallest absolute Gasteiger partial charge is 0.138 e. The molecule has 0 atom stereocenters. The second-order valence-electron chi connectivity index (χ2n) is 4.30. The highest BCUT2D eigenvalue weighted by Crippen LogP contribution is 2.34. The first-order valence-electron chi connectivity index (χ1n) is 5.81. The van der Waals surface area contributed by atoms with Crippen LogP contribution < -0.4 is 5.32 Å². The lowest BCUT2D eigenvalue weighted by Crippen LogP contribution is -2.03. The predicted octanol–water partition coefficient (Wildman–Crippen LogP) is 3.39. The Hall–Kier alpha value is -1.16. The van der Waals surface area contributed by atoms with Crippen LogP contribution in [-0.2, 0) is 0 Å². The van der Waals surface area contributed by atoms with Crippen LogP contribution in [0.15, 0.2) is 11.4 Å². The summed E-state index contributed by atoms with van der Waals surface area (Å²) in [6, 6.07) is 2.09. The lowest BCUT2D eigenvalue weighted by atomic mass is 10.1. The number of anilines is 1. The number of nitrogens with zero attached hydrogens (tertiary/aromatic N) is 2. The summed E-state index contributed by atoms with van der Waals surface area (Å²) >= 11 is 1.70. The first-order chi connectivity index (χ1) is 7.88. The second kappa shape index (κ2) is 4.01. The molecule has 0 aliphatic heterocycles. The van der Waals surface area contributed by atoms with E-state index in [4.69, 9.17) is 4.98 Å². The molecule has 0 spiro atoms. The Morgan fingerprint density at radius 3 is 2.88 bits per heavy atom. The van der Waals surface area contributed by atoms with Crippen LogP contribution in [0, 0.1) is 0 Å². The Bertz CT molecular complexity index is 500. The van der Waals surface area contributed by atoms with Crippen molar-refractivity contribution in [3.63, 3.8) is 0 Å². The van der Waals surface area contributed by atoms with Crippen LogP contribution in [0.1, 0.15) is 37.4 Å². The summed E-state index contributed by atoms with van der Waals surface area (Å²) < 4.78 is 0. The molecular formula is C12H15N3S. The van der Waals surface area contributed by atoms with Gasteiger partial charge in [0.25, 0.3) is 0 Å². The number of fused-ring (bicyclic) bond motifs is 1. The molecule has 1 N–H and O–H groups in total. The molecule has 1 saturated carbocycles. The van der Waals surface area contributed by atoms with Gasteiger partial charge in [0.1, 0.15) is 16.5 Å². The van der Waals surface area contributed by atoms with Gasteiger partial charge in [0.05, 0.1) is 5.39 Å². The number of aromatic nitrogens is 2. The van der Waals surface area contributed by atoms with Crippen LogP contribution in [-0.4, -0.2) is 17.0 Å². The minimum atomic E-state index is 0.582. The van der Waals surface area contributed by atoms with E-state index in [9.17, 15) is 0 Å². The molecule has 2 heterocycles. The topological polar surface area (TPSA) is 37.8 Å². The van der Waals surface area contributed by atoms with Crippen molar-refractivity contribution in [1.82, 2.24) is 9.97 Å². The monoisotopic (exact) mass is 233 g/mol. The van der Waals surface area contributed by atoms with E-state index in [0.717, 1.165) is 21.9 Å².